The van der Waals surface area contributed by atoms with Crippen molar-refractivity contribution in [3.63, 3.8) is 0 Å². The minimum absolute atomic E-state index is 0.0561. The Kier molecular flexibility index (Phi) is 4.17. The molecule has 1 aliphatic heterocycles. The van der Waals surface area contributed by atoms with Crippen molar-refractivity contribution >= 4 is 5.78 Å². The van der Waals surface area contributed by atoms with Crippen LogP contribution in [0.25, 0.3) is 0 Å². The molecule has 1 saturated heterocycles. The SMILES string of the molecule is COc1cc(OC)cc(C(=O)C2CNCCO2)c1. The molecule has 0 radical (unpaired) electrons. The van der Waals surface area contributed by atoms with Crippen LogP contribution in [0, 0.1) is 0 Å². The van der Waals surface area contributed by atoms with Gasteiger partial charge in [-0.05, 0) is 12.1 Å². The highest BCUT2D eigenvalue weighted by atomic mass is 16.5. The lowest BCUT2D eigenvalue weighted by molar-refractivity contribution is 0.0269. The monoisotopic (exact) mass is 251 g/mol. The van der Waals surface area contributed by atoms with Gasteiger partial charge in [-0.25, -0.2) is 0 Å². The van der Waals surface area contributed by atoms with Gasteiger partial charge in [0.05, 0.1) is 20.8 Å². The average Bonchev–Trinajstić information content (AvgIpc) is 2.46. The molecule has 1 N–H and O–H groups in total. The van der Waals surface area contributed by atoms with E-state index in [4.69, 9.17) is 14.2 Å². The van der Waals surface area contributed by atoms with Crippen LogP contribution in [-0.4, -0.2) is 45.8 Å². The highest BCUT2D eigenvalue weighted by Gasteiger charge is 2.23. The number of hydrogen-bond acceptors (Lipinski definition) is 5. The molecule has 1 atom stereocenters. The number of carbonyl (C=O) groups is 1. The highest BCUT2D eigenvalue weighted by molar-refractivity contribution is 6.00. The molecule has 1 aliphatic rings. The molecule has 1 aromatic rings. The molecule has 0 amide bonds. The number of benzene rings is 1. The summed E-state index contributed by atoms with van der Waals surface area (Å²) in [6.45, 7) is 1.88. The first-order valence-corrected chi connectivity index (χ1v) is 5.84. The lowest BCUT2D eigenvalue weighted by atomic mass is 10.0. The number of ketones is 1. The Labute approximate surface area is 106 Å². The van der Waals surface area contributed by atoms with E-state index < -0.39 is 6.10 Å². The molecule has 5 nitrogen and oxygen atoms in total. The zero-order valence-electron chi connectivity index (χ0n) is 10.6. The smallest absolute Gasteiger partial charge is 0.193 e. The summed E-state index contributed by atoms with van der Waals surface area (Å²) in [5.74, 6) is 1.14. The summed E-state index contributed by atoms with van der Waals surface area (Å²) in [7, 11) is 3.11. The summed E-state index contributed by atoms with van der Waals surface area (Å²) in [5.41, 5.74) is 0.542. The molecule has 1 heterocycles. The van der Waals surface area contributed by atoms with Gasteiger partial charge in [0.1, 0.15) is 17.6 Å². The Bertz CT molecular complexity index is 405. The minimum atomic E-state index is -0.435. The Balaban J connectivity index is 2.22. The van der Waals surface area contributed by atoms with Crippen LogP contribution in [0.2, 0.25) is 0 Å². The fourth-order valence-electron chi connectivity index (χ4n) is 1.87. The van der Waals surface area contributed by atoms with Crippen LogP contribution in [0.3, 0.4) is 0 Å². The summed E-state index contributed by atoms with van der Waals surface area (Å²) >= 11 is 0. The molecule has 18 heavy (non-hydrogen) atoms. The largest absolute Gasteiger partial charge is 0.497 e. The number of ether oxygens (including phenoxy) is 3. The number of nitrogens with one attached hydrogen (secondary N) is 1. The second kappa shape index (κ2) is 5.84. The van der Waals surface area contributed by atoms with Gasteiger partial charge in [-0.3, -0.25) is 4.79 Å². The van der Waals surface area contributed by atoms with Gasteiger partial charge in [0.25, 0.3) is 0 Å². The van der Waals surface area contributed by atoms with Gasteiger partial charge >= 0.3 is 0 Å². The maximum atomic E-state index is 12.3. The average molecular weight is 251 g/mol. The maximum Gasteiger partial charge on any atom is 0.193 e. The van der Waals surface area contributed by atoms with Gasteiger partial charge < -0.3 is 19.5 Å². The van der Waals surface area contributed by atoms with Crippen molar-refractivity contribution in [2.45, 2.75) is 6.10 Å². The van der Waals surface area contributed by atoms with Gasteiger partial charge in [-0.2, -0.15) is 0 Å². The lowest BCUT2D eigenvalue weighted by Crippen LogP contribution is -2.43. The van der Waals surface area contributed by atoms with Crippen molar-refractivity contribution in [3.8, 4) is 11.5 Å². The normalized spacial score (nSPS) is 19.3. The predicted octanol–water partition coefficient (Wildman–Crippen LogP) is 0.875. The number of Topliss-reactive ketones (excluding diaryl/α,β-unsaturated/α-hetero) is 1. The van der Waals surface area contributed by atoms with Crippen LogP contribution in [0.1, 0.15) is 10.4 Å². The number of carbonyl (C=O) groups excluding carboxylic acids is 1. The first kappa shape index (κ1) is 12.9. The van der Waals surface area contributed by atoms with E-state index in [2.05, 4.69) is 5.32 Å². The number of methoxy groups -OCH3 is 2. The van der Waals surface area contributed by atoms with Crippen molar-refractivity contribution in [2.75, 3.05) is 33.9 Å². The van der Waals surface area contributed by atoms with Gasteiger partial charge in [-0.1, -0.05) is 0 Å². The van der Waals surface area contributed by atoms with Gasteiger partial charge in [0, 0.05) is 24.7 Å². The Hall–Kier alpha value is -1.59. The number of rotatable bonds is 4. The van der Waals surface area contributed by atoms with Crippen molar-refractivity contribution in [1.29, 1.82) is 0 Å². The van der Waals surface area contributed by atoms with E-state index in [1.807, 2.05) is 0 Å². The Morgan fingerprint density at radius 3 is 2.44 bits per heavy atom. The third kappa shape index (κ3) is 2.80. The molecule has 1 fully saturated rings. The zero-order chi connectivity index (χ0) is 13.0. The third-order valence-corrected chi connectivity index (χ3v) is 2.86. The van der Waals surface area contributed by atoms with Crippen LogP contribution < -0.4 is 14.8 Å². The number of morpholine rings is 1. The van der Waals surface area contributed by atoms with E-state index in [1.165, 1.54) is 0 Å². The summed E-state index contributed by atoms with van der Waals surface area (Å²) in [4.78, 5) is 12.3. The predicted molar refractivity (Wildman–Crippen MR) is 66.5 cm³/mol. The zero-order valence-corrected chi connectivity index (χ0v) is 10.6. The molecule has 0 bridgehead atoms. The molecular weight excluding hydrogens is 234 g/mol. The van der Waals surface area contributed by atoms with E-state index in [1.54, 1.807) is 32.4 Å². The molecule has 1 unspecified atom stereocenters. The first-order chi connectivity index (χ1) is 8.74. The molecule has 0 spiro atoms. The molecule has 0 saturated carbocycles. The third-order valence-electron chi connectivity index (χ3n) is 2.86. The quantitative estimate of drug-likeness (QED) is 0.805. The van der Waals surface area contributed by atoms with Gasteiger partial charge in [-0.15, -0.1) is 0 Å². The van der Waals surface area contributed by atoms with Gasteiger partial charge in [0.2, 0.25) is 0 Å². The van der Waals surface area contributed by atoms with E-state index in [0.717, 1.165) is 6.54 Å². The van der Waals surface area contributed by atoms with Crippen molar-refractivity contribution in [1.82, 2.24) is 5.32 Å². The van der Waals surface area contributed by atoms with Crippen molar-refractivity contribution in [2.24, 2.45) is 0 Å². The molecule has 2 rings (SSSR count). The molecule has 1 aromatic carbocycles. The van der Waals surface area contributed by atoms with Crippen molar-refractivity contribution in [3.05, 3.63) is 23.8 Å². The Morgan fingerprint density at radius 1 is 1.28 bits per heavy atom. The second-order valence-corrected chi connectivity index (χ2v) is 4.03. The summed E-state index contributed by atoms with van der Waals surface area (Å²) in [6.07, 6.45) is -0.435. The lowest BCUT2D eigenvalue weighted by Gasteiger charge is -2.22. The van der Waals surface area contributed by atoms with Gasteiger partial charge in [0.15, 0.2) is 5.78 Å². The van der Waals surface area contributed by atoms with E-state index >= 15 is 0 Å². The molecule has 5 heteroatoms. The minimum Gasteiger partial charge on any atom is -0.497 e. The molecular formula is C13H17NO4. The van der Waals surface area contributed by atoms with Crippen LogP contribution in [0.4, 0.5) is 0 Å². The fraction of sp³-hybridized carbons (Fsp3) is 0.462. The Morgan fingerprint density at radius 2 is 1.94 bits per heavy atom. The van der Waals surface area contributed by atoms with E-state index in [9.17, 15) is 4.79 Å². The first-order valence-electron chi connectivity index (χ1n) is 5.84. The number of hydrogen-bond donors (Lipinski definition) is 1. The topological polar surface area (TPSA) is 56.8 Å². The van der Waals surface area contributed by atoms with Crippen LogP contribution >= 0.6 is 0 Å². The molecule has 0 aromatic heterocycles. The highest BCUT2D eigenvalue weighted by Crippen LogP contribution is 2.23. The second-order valence-electron chi connectivity index (χ2n) is 4.03. The van der Waals surface area contributed by atoms with Crippen molar-refractivity contribution < 1.29 is 19.0 Å². The summed E-state index contributed by atoms with van der Waals surface area (Å²) in [5, 5.41) is 3.13. The summed E-state index contributed by atoms with van der Waals surface area (Å²) < 4.78 is 15.7. The summed E-state index contributed by atoms with van der Waals surface area (Å²) in [6, 6.07) is 5.13. The van der Waals surface area contributed by atoms with E-state index in [-0.39, 0.29) is 5.78 Å². The van der Waals surface area contributed by atoms with Crippen LogP contribution in [-0.2, 0) is 4.74 Å². The van der Waals surface area contributed by atoms with Crippen LogP contribution in [0.5, 0.6) is 11.5 Å². The van der Waals surface area contributed by atoms with E-state index in [0.29, 0.717) is 30.2 Å². The fourth-order valence-corrected chi connectivity index (χ4v) is 1.87. The molecule has 0 aliphatic carbocycles. The molecule has 98 valence electrons. The van der Waals surface area contributed by atoms with Crippen LogP contribution in [0.15, 0.2) is 18.2 Å². The maximum absolute atomic E-state index is 12.3. The standard InChI is InChI=1S/C13H17NO4/c1-16-10-5-9(6-11(7-10)17-2)13(15)12-8-14-3-4-18-12/h5-7,12,14H,3-4,8H2,1-2H3.